The summed E-state index contributed by atoms with van der Waals surface area (Å²) in [7, 11) is 0. The predicted molar refractivity (Wildman–Crippen MR) is 107 cm³/mol. The number of carbonyl (C=O) groups is 2. The summed E-state index contributed by atoms with van der Waals surface area (Å²) >= 11 is 3.39. The maximum absolute atomic E-state index is 12.8. The highest BCUT2D eigenvalue weighted by atomic mass is 79.9. The van der Waals surface area contributed by atoms with Gasteiger partial charge in [0.05, 0.1) is 0 Å². The smallest absolute Gasteiger partial charge is 0.271 e. The molecule has 0 fully saturated rings. The molecule has 1 aromatic heterocycles. The number of hydrogen-bond donors (Lipinski definition) is 1. The molecule has 0 unspecified atom stereocenters. The van der Waals surface area contributed by atoms with E-state index in [1.165, 1.54) is 6.08 Å². The number of halogens is 1. The van der Waals surface area contributed by atoms with Crippen LogP contribution in [-0.2, 0) is 9.59 Å². The molecule has 0 atom stereocenters. The Bertz CT molecular complexity index is 1030. The van der Waals surface area contributed by atoms with E-state index in [1.807, 2.05) is 30.3 Å². The van der Waals surface area contributed by atoms with Gasteiger partial charge in [0, 0.05) is 28.8 Å². The average molecular weight is 441 g/mol. The van der Waals surface area contributed by atoms with E-state index >= 15 is 0 Å². The van der Waals surface area contributed by atoms with E-state index in [4.69, 9.17) is 9.52 Å². The summed E-state index contributed by atoms with van der Waals surface area (Å²) in [5.74, 6) is -0.0607. The zero-order valence-electron chi connectivity index (χ0n) is 15.1. The van der Waals surface area contributed by atoms with Crippen molar-refractivity contribution in [3.8, 4) is 17.4 Å². The molecule has 28 heavy (non-hydrogen) atoms. The van der Waals surface area contributed by atoms with Crippen LogP contribution in [0.5, 0.6) is 0 Å². The number of carbonyl (C=O) groups excluding carboxylic acids is 2. The third-order valence-electron chi connectivity index (χ3n) is 4.41. The molecule has 0 saturated heterocycles. The fraction of sp³-hybridized carbons (Fsp3) is 0.190. The minimum Gasteiger partial charge on any atom is -0.457 e. The van der Waals surface area contributed by atoms with Gasteiger partial charge in [0.2, 0.25) is 0 Å². The Morgan fingerprint density at radius 3 is 2.54 bits per heavy atom. The number of furan rings is 1. The molecule has 0 bridgehead atoms. The molecule has 1 N–H and O–H groups in total. The van der Waals surface area contributed by atoms with Crippen molar-refractivity contribution in [2.75, 3.05) is 13.2 Å². The van der Waals surface area contributed by atoms with Crippen molar-refractivity contribution in [2.24, 2.45) is 0 Å². The van der Waals surface area contributed by atoms with E-state index in [0.717, 1.165) is 14.9 Å². The van der Waals surface area contributed by atoms with Crippen LogP contribution >= 0.6 is 15.9 Å². The highest BCUT2D eigenvalue weighted by Gasteiger charge is 2.35. The second kappa shape index (κ2) is 8.38. The molecule has 2 amide bonds. The number of imide groups is 1. The third kappa shape index (κ3) is 3.84. The van der Waals surface area contributed by atoms with Gasteiger partial charge in [-0.3, -0.25) is 14.5 Å². The van der Waals surface area contributed by atoms with Gasteiger partial charge in [0.1, 0.15) is 23.2 Å². The molecule has 1 aliphatic rings. The van der Waals surface area contributed by atoms with E-state index in [9.17, 15) is 14.9 Å². The molecule has 0 aliphatic carbocycles. The van der Waals surface area contributed by atoms with E-state index in [2.05, 4.69) is 15.9 Å². The monoisotopic (exact) mass is 440 g/mol. The fourth-order valence-corrected chi connectivity index (χ4v) is 3.17. The Balaban J connectivity index is 1.99. The van der Waals surface area contributed by atoms with Gasteiger partial charge in [-0.1, -0.05) is 28.1 Å². The standard InChI is InChI=1S/C21H17BrN2O4/c1-13-17(20(26)24(9-2-10-25)21(27)18(13)12-23)11-16-7-8-19(28-16)14-3-5-15(22)6-4-14/h3-8,11,25H,2,9-10H2,1H3/b17-11+. The SMILES string of the molecule is CC1=C(C#N)C(=O)N(CCCO)C(=O)/C1=C/c1ccc(-c2ccc(Br)cc2)o1. The van der Waals surface area contributed by atoms with Gasteiger partial charge in [-0.05, 0) is 49.3 Å². The second-order valence-electron chi connectivity index (χ2n) is 6.22. The molecule has 7 heteroatoms. The van der Waals surface area contributed by atoms with Crippen molar-refractivity contribution in [2.45, 2.75) is 13.3 Å². The molecular formula is C21H17BrN2O4. The lowest BCUT2D eigenvalue weighted by molar-refractivity contribution is -0.140. The number of nitrogens with zero attached hydrogens (tertiary/aromatic N) is 2. The van der Waals surface area contributed by atoms with Crippen LogP contribution in [-0.4, -0.2) is 35.0 Å². The second-order valence-corrected chi connectivity index (χ2v) is 7.13. The third-order valence-corrected chi connectivity index (χ3v) is 4.94. The van der Waals surface area contributed by atoms with Gasteiger partial charge < -0.3 is 9.52 Å². The van der Waals surface area contributed by atoms with E-state index in [-0.39, 0.29) is 30.7 Å². The van der Waals surface area contributed by atoms with E-state index in [0.29, 0.717) is 17.1 Å². The van der Waals surface area contributed by atoms with Crippen LogP contribution in [0, 0.1) is 11.3 Å². The van der Waals surface area contributed by atoms with Gasteiger partial charge in [0.15, 0.2) is 0 Å². The number of rotatable bonds is 5. The largest absolute Gasteiger partial charge is 0.457 e. The summed E-state index contributed by atoms with van der Waals surface area (Å²) in [6, 6.07) is 13.0. The normalized spacial score (nSPS) is 16.1. The van der Waals surface area contributed by atoms with Gasteiger partial charge in [0.25, 0.3) is 11.8 Å². The zero-order valence-corrected chi connectivity index (χ0v) is 16.7. The maximum atomic E-state index is 12.8. The first kappa shape index (κ1) is 19.8. The van der Waals surface area contributed by atoms with Crippen molar-refractivity contribution < 1.29 is 19.1 Å². The molecule has 1 aliphatic heterocycles. The average Bonchev–Trinajstić information content (AvgIpc) is 3.15. The maximum Gasteiger partial charge on any atom is 0.271 e. The molecular weight excluding hydrogens is 424 g/mol. The first-order chi connectivity index (χ1) is 13.5. The Hall–Kier alpha value is -2.95. The first-order valence-electron chi connectivity index (χ1n) is 8.62. The lowest BCUT2D eigenvalue weighted by atomic mass is 9.94. The fourth-order valence-electron chi connectivity index (χ4n) is 2.90. The number of amides is 2. The van der Waals surface area contributed by atoms with Crippen molar-refractivity contribution in [1.82, 2.24) is 4.90 Å². The van der Waals surface area contributed by atoms with Gasteiger partial charge in [-0.2, -0.15) is 5.26 Å². The quantitative estimate of drug-likeness (QED) is 0.564. The number of aliphatic hydroxyl groups is 1. The minimum atomic E-state index is -0.634. The van der Waals surface area contributed by atoms with Crippen LogP contribution in [0.2, 0.25) is 0 Å². The minimum absolute atomic E-state index is 0.0479. The van der Waals surface area contributed by atoms with Crippen LogP contribution in [0.1, 0.15) is 19.1 Å². The molecule has 0 saturated carbocycles. The molecule has 2 aromatic rings. The summed E-state index contributed by atoms with van der Waals surface area (Å²) in [5.41, 5.74) is 1.35. The first-order valence-corrected chi connectivity index (χ1v) is 9.41. The summed E-state index contributed by atoms with van der Waals surface area (Å²) in [6.45, 7) is 1.46. The Kier molecular flexibility index (Phi) is 5.93. The summed E-state index contributed by atoms with van der Waals surface area (Å²) in [5, 5.41) is 18.4. The van der Waals surface area contributed by atoms with Crippen LogP contribution in [0.4, 0.5) is 0 Å². The Morgan fingerprint density at radius 2 is 1.89 bits per heavy atom. The van der Waals surface area contributed by atoms with Gasteiger partial charge in [-0.15, -0.1) is 0 Å². The number of nitriles is 1. The lowest BCUT2D eigenvalue weighted by Crippen LogP contribution is -2.43. The van der Waals surface area contributed by atoms with Crippen LogP contribution in [0.15, 0.2) is 62.0 Å². The topological polar surface area (TPSA) is 94.5 Å². The highest BCUT2D eigenvalue weighted by Crippen LogP contribution is 2.29. The van der Waals surface area contributed by atoms with Gasteiger partial charge in [-0.25, -0.2) is 0 Å². The molecule has 0 spiro atoms. The molecule has 0 radical (unpaired) electrons. The summed E-state index contributed by atoms with van der Waals surface area (Å²) in [6.07, 6.45) is 1.78. The van der Waals surface area contributed by atoms with E-state index < -0.39 is 11.8 Å². The van der Waals surface area contributed by atoms with Crippen LogP contribution in [0.25, 0.3) is 17.4 Å². The Morgan fingerprint density at radius 1 is 1.18 bits per heavy atom. The summed E-state index contributed by atoms with van der Waals surface area (Å²) < 4.78 is 6.78. The van der Waals surface area contributed by atoms with E-state index in [1.54, 1.807) is 19.1 Å². The van der Waals surface area contributed by atoms with Crippen LogP contribution < -0.4 is 0 Å². The molecule has 142 valence electrons. The predicted octanol–water partition coefficient (Wildman–Crippen LogP) is 3.68. The van der Waals surface area contributed by atoms with Crippen molar-refractivity contribution in [1.29, 1.82) is 5.26 Å². The Labute approximate surface area is 170 Å². The molecule has 3 rings (SSSR count). The van der Waals surface area contributed by atoms with Gasteiger partial charge >= 0.3 is 0 Å². The zero-order chi connectivity index (χ0) is 20.3. The van der Waals surface area contributed by atoms with Crippen molar-refractivity contribution in [3.63, 3.8) is 0 Å². The summed E-state index contributed by atoms with van der Waals surface area (Å²) in [4.78, 5) is 26.2. The molecule has 6 nitrogen and oxygen atoms in total. The lowest BCUT2D eigenvalue weighted by Gasteiger charge is -2.27. The number of hydrogen-bond acceptors (Lipinski definition) is 5. The number of benzene rings is 1. The number of aliphatic hydroxyl groups excluding tert-OH is 1. The van der Waals surface area contributed by atoms with Crippen molar-refractivity contribution >= 4 is 33.8 Å². The van der Waals surface area contributed by atoms with Crippen LogP contribution in [0.3, 0.4) is 0 Å². The molecule has 1 aromatic carbocycles. The van der Waals surface area contributed by atoms with Crippen molar-refractivity contribution in [3.05, 3.63) is 63.4 Å². The highest BCUT2D eigenvalue weighted by molar-refractivity contribution is 9.10. The molecule has 2 heterocycles.